The van der Waals surface area contributed by atoms with E-state index in [1.54, 1.807) is 17.9 Å². The van der Waals surface area contributed by atoms with E-state index in [4.69, 9.17) is 16.3 Å². The Labute approximate surface area is 154 Å². The molecule has 0 unspecified atom stereocenters. The second-order valence-electron chi connectivity index (χ2n) is 5.94. The Kier molecular flexibility index (Phi) is 5.10. The molecule has 0 aromatic heterocycles. The second-order valence-corrected chi connectivity index (χ2v) is 6.35. The minimum atomic E-state index is -0.810. The summed E-state index contributed by atoms with van der Waals surface area (Å²) in [6, 6.07) is 2.93. The van der Waals surface area contributed by atoms with Gasteiger partial charge in [-0.05, 0) is 18.6 Å². The normalized spacial score (nSPS) is 20.5. The number of nitrogens with one attached hydrogen (secondary N) is 2. The van der Waals surface area contributed by atoms with Crippen LogP contribution < -0.4 is 10.6 Å². The number of urea groups is 1. The average molecular weight is 381 g/mol. The highest BCUT2D eigenvalue weighted by Gasteiger charge is 2.35. The van der Waals surface area contributed by atoms with E-state index in [0.717, 1.165) is 0 Å². The van der Waals surface area contributed by atoms with Gasteiger partial charge in [0.05, 0.1) is 29.8 Å². The van der Waals surface area contributed by atoms with Gasteiger partial charge in [0, 0.05) is 24.9 Å². The second kappa shape index (κ2) is 7.30. The smallest absolute Gasteiger partial charge is 0.319 e. The summed E-state index contributed by atoms with van der Waals surface area (Å²) in [7, 11) is 0. The molecule has 3 amide bonds. The van der Waals surface area contributed by atoms with Gasteiger partial charge in [-0.2, -0.15) is 0 Å². The first-order valence-electron chi connectivity index (χ1n) is 7.97. The Morgan fingerprint density at radius 1 is 1.38 bits per heavy atom. The number of hydrogen-bond acceptors (Lipinski definition) is 5. The summed E-state index contributed by atoms with van der Waals surface area (Å²) in [5, 5.41) is 16.4. The summed E-state index contributed by atoms with van der Waals surface area (Å²) in [6.45, 7) is 3.39. The molecule has 2 aliphatic rings. The van der Waals surface area contributed by atoms with Crippen LogP contribution in [0.1, 0.15) is 18.5 Å². The summed E-state index contributed by atoms with van der Waals surface area (Å²) < 4.78 is 5.26. The molecule has 0 saturated carbocycles. The molecule has 0 spiro atoms. The van der Waals surface area contributed by atoms with Crippen molar-refractivity contribution in [1.29, 1.82) is 0 Å². The number of ether oxygens (including phenoxy) is 1. The highest BCUT2D eigenvalue weighted by Crippen LogP contribution is 2.33. The predicted octanol–water partition coefficient (Wildman–Crippen LogP) is 1.73. The van der Waals surface area contributed by atoms with Crippen molar-refractivity contribution in [2.75, 3.05) is 26.3 Å². The van der Waals surface area contributed by atoms with Crippen molar-refractivity contribution in [2.45, 2.75) is 13.0 Å². The van der Waals surface area contributed by atoms with Crippen LogP contribution in [0.5, 0.6) is 0 Å². The number of nitrogens with zero attached hydrogens (tertiary/aromatic N) is 2. The lowest BCUT2D eigenvalue weighted by Crippen LogP contribution is -2.49. The van der Waals surface area contributed by atoms with Crippen molar-refractivity contribution < 1.29 is 19.2 Å². The van der Waals surface area contributed by atoms with Gasteiger partial charge in [0.15, 0.2) is 0 Å². The third-order valence-corrected chi connectivity index (χ3v) is 4.62. The zero-order chi connectivity index (χ0) is 18.8. The molecule has 1 fully saturated rings. The van der Waals surface area contributed by atoms with Crippen molar-refractivity contribution >= 4 is 29.2 Å². The molecule has 9 nitrogen and oxygen atoms in total. The van der Waals surface area contributed by atoms with Gasteiger partial charge in [-0.1, -0.05) is 17.7 Å². The summed E-state index contributed by atoms with van der Waals surface area (Å²) in [6.07, 6.45) is 0. The number of benzene rings is 1. The van der Waals surface area contributed by atoms with Gasteiger partial charge < -0.3 is 20.3 Å². The third kappa shape index (κ3) is 3.49. The maximum atomic E-state index is 13.0. The average Bonchev–Trinajstić information content (AvgIpc) is 2.61. The quantitative estimate of drug-likeness (QED) is 0.612. The van der Waals surface area contributed by atoms with Crippen LogP contribution in [0.25, 0.3) is 0 Å². The molecule has 0 bridgehead atoms. The molecular weight excluding hydrogens is 364 g/mol. The molecule has 10 heteroatoms. The maximum absolute atomic E-state index is 13.0. The molecule has 1 aromatic carbocycles. The van der Waals surface area contributed by atoms with E-state index in [0.29, 0.717) is 43.1 Å². The largest absolute Gasteiger partial charge is 0.378 e. The van der Waals surface area contributed by atoms with Crippen molar-refractivity contribution in [1.82, 2.24) is 15.5 Å². The first kappa shape index (κ1) is 18.2. The van der Waals surface area contributed by atoms with E-state index in [-0.39, 0.29) is 16.6 Å². The minimum absolute atomic E-state index is 0.0132. The van der Waals surface area contributed by atoms with Crippen LogP contribution in [-0.4, -0.2) is 48.1 Å². The SMILES string of the molecule is CC1=C(C(=O)N2CCOCC2)[C@H](c2ccc(Cl)c([N+](=O)[O-])c2)NC(=O)N1. The molecule has 3 rings (SSSR count). The van der Waals surface area contributed by atoms with Gasteiger partial charge in [0.2, 0.25) is 0 Å². The lowest BCUT2D eigenvalue weighted by molar-refractivity contribution is -0.384. The molecule has 1 aromatic rings. The highest BCUT2D eigenvalue weighted by molar-refractivity contribution is 6.32. The molecule has 26 heavy (non-hydrogen) atoms. The number of carbonyl (C=O) groups is 2. The van der Waals surface area contributed by atoms with E-state index in [1.165, 1.54) is 12.1 Å². The van der Waals surface area contributed by atoms with Gasteiger partial charge in [-0.25, -0.2) is 4.79 Å². The molecular formula is C16H17ClN4O5. The Bertz CT molecular complexity index is 804. The van der Waals surface area contributed by atoms with Crippen molar-refractivity contribution in [3.8, 4) is 0 Å². The number of morpholine rings is 1. The Morgan fingerprint density at radius 3 is 2.73 bits per heavy atom. The maximum Gasteiger partial charge on any atom is 0.319 e. The van der Waals surface area contributed by atoms with Gasteiger partial charge in [0.25, 0.3) is 11.6 Å². The van der Waals surface area contributed by atoms with E-state index in [2.05, 4.69) is 10.6 Å². The zero-order valence-electron chi connectivity index (χ0n) is 14.0. The molecule has 0 aliphatic carbocycles. The summed E-state index contributed by atoms with van der Waals surface area (Å²) in [5.74, 6) is -0.249. The number of carbonyl (C=O) groups excluding carboxylic acids is 2. The molecule has 1 atom stereocenters. The lowest BCUT2D eigenvalue weighted by atomic mass is 9.94. The summed E-state index contributed by atoms with van der Waals surface area (Å²) >= 11 is 5.87. The van der Waals surface area contributed by atoms with Crippen LogP contribution in [-0.2, 0) is 9.53 Å². The highest BCUT2D eigenvalue weighted by atomic mass is 35.5. The Morgan fingerprint density at radius 2 is 2.08 bits per heavy atom. The predicted molar refractivity (Wildman–Crippen MR) is 92.6 cm³/mol. The first-order valence-corrected chi connectivity index (χ1v) is 8.35. The number of rotatable bonds is 3. The fraction of sp³-hybridized carbons (Fsp3) is 0.375. The fourth-order valence-electron chi connectivity index (χ4n) is 3.01. The molecule has 1 saturated heterocycles. The molecule has 138 valence electrons. The van der Waals surface area contributed by atoms with Crippen molar-refractivity contribution in [2.24, 2.45) is 0 Å². The molecule has 2 heterocycles. The van der Waals surface area contributed by atoms with Crippen LogP contribution in [0, 0.1) is 10.1 Å². The van der Waals surface area contributed by atoms with E-state index < -0.39 is 17.0 Å². The number of amides is 3. The van der Waals surface area contributed by atoms with E-state index >= 15 is 0 Å². The van der Waals surface area contributed by atoms with Gasteiger partial charge in [-0.3, -0.25) is 14.9 Å². The number of halogens is 1. The van der Waals surface area contributed by atoms with Gasteiger partial charge in [0.1, 0.15) is 5.02 Å². The van der Waals surface area contributed by atoms with Gasteiger partial charge >= 0.3 is 6.03 Å². The van der Waals surface area contributed by atoms with Crippen molar-refractivity contribution in [3.63, 3.8) is 0 Å². The number of nitro benzene ring substituents is 1. The van der Waals surface area contributed by atoms with Crippen LogP contribution in [0.15, 0.2) is 29.5 Å². The van der Waals surface area contributed by atoms with Crippen LogP contribution in [0.2, 0.25) is 5.02 Å². The Hall–Kier alpha value is -2.65. The topological polar surface area (TPSA) is 114 Å². The first-order chi connectivity index (χ1) is 12.4. The molecule has 2 N–H and O–H groups in total. The van der Waals surface area contributed by atoms with Crippen LogP contribution >= 0.6 is 11.6 Å². The fourth-order valence-corrected chi connectivity index (χ4v) is 3.20. The molecule has 0 radical (unpaired) electrons. The number of hydrogen-bond donors (Lipinski definition) is 2. The van der Waals surface area contributed by atoms with E-state index in [9.17, 15) is 19.7 Å². The van der Waals surface area contributed by atoms with Crippen LogP contribution in [0.4, 0.5) is 10.5 Å². The summed E-state index contributed by atoms with van der Waals surface area (Å²) in [4.78, 5) is 37.1. The van der Waals surface area contributed by atoms with Crippen LogP contribution in [0.3, 0.4) is 0 Å². The monoisotopic (exact) mass is 380 g/mol. The molecule has 2 aliphatic heterocycles. The number of nitro groups is 1. The Balaban J connectivity index is 2.01. The van der Waals surface area contributed by atoms with E-state index in [1.807, 2.05) is 0 Å². The lowest BCUT2D eigenvalue weighted by Gasteiger charge is -2.33. The standard InChI is InChI=1S/C16H17ClN4O5/c1-9-13(15(22)20-4-6-26-7-5-20)14(19-16(23)18-9)10-2-3-11(17)12(8-10)21(24)25/h2-3,8,14H,4-7H2,1H3,(H2,18,19,23)/t14-/m0/s1. The van der Waals surface area contributed by atoms with Gasteiger partial charge in [-0.15, -0.1) is 0 Å². The minimum Gasteiger partial charge on any atom is -0.378 e. The zero-order valence-corrected chi connectivity index (χ0v) is 14.7. The van der Waals surface area contributed by atoms with Crippen molar-refractivity contribution in [3.05, 3.63) is 50.2 Å². The number of allylic oxidation sites excluding steroid dienone is 1. The summed E-state index contributed by atoms with van der Waals surface area (Å²) in [5.41, 5.74) is 0.871. The third-order valence-electron chi connectivity index (χ3n) is 4.30.